The van der Waals surface area contributed by atoms with Crippen LogP contribution in [0.5, 0.6) is 0 Å². The van der Waals surface area contributed by atoms with Crippen molar-refractivity contribution >= 4 is 15.9 Å². The fraction of sp³-hybridized carbons (Fsp3) is 0.381. The van der Waals surface area contributed by atoms with Crippen LogP contribution in [-0.4, -0.2) is 33.6 Å². The standard InChI is InChI=1S/C21H23F3N2O4S/c1-14(15-5-2-7-17(11-15)21(22,23)24)26-20(27)16-6-3-9-19(12-16)31(28,29)25-13-18-8-4-10-30-18/h2-3,5-7,9,11-12,14,18,25H,4,8,10,13H2,1H3,(H,26,27). The molecule has 0 spiro atoms. The number of carbonyl (C=O) groups excluding carboxylic acids is 1. The highest BCUT2D eigenvalue weighted by Crippen LogP contribution is 2.30. The highest BCUT2D eigenvalue weighted by Gasteiger charge is 2.31. The molecule has 1 aliphatic heterocycles. The number of alkyl halides is 3. The number of halogens is 3. The summed E-state index contributed by atoms with van der Waals surface area (Å²) in [5.41, 5.74) is -0.444. The number of hydrogen-bond donors (Lipinski definition) is 2. The van der Waals surface area contributed by atoms with Gasteiger partial charge in [0.2, 0.25) is 10.0 Å². The molecular weight excluding hydrogens is 433 g/mol. The minimum absolute atomic E-state index is 0.0788. The Bertz CT molecular complexity index is 1030. The molecule has 0 aromatic heterocycles. The summed E-state index contributed by atoms with van der Waals surface area (Å²) < 4.78 is 71.7. The van der Waals surface area contributed by atoms with Crippen LogP contribution < -0.4 is 10.0 Å². The molecule has 168 valence electrons. The van der Waals surface area contributed by atoms with Gasteiger partial charge in [-0.3, -0.25) is 4.79 Å². The molecule has 0 saturated carbocycles. The molecule has 1 fully saturated rings. The average Bonchev–Trinajstić information content (AvgIpc) is 3.26. The van der Waals surface area contributed by atoms with Gasteiger partial charge in [0.25, 0.3) is 5.91 Å². The molecule has 0 bridgehead atoms. The summed E-state index contributed by atoms with van der Waals surface area (Å²) in [6, 6.07) is 9.43. The largest absolute Gasteiger partial charge is 0.416 e. The molecule has 10 heteroatoms. The molecule has 1 saturated heterocycles. The SMILES string of the molecule is CC(NC(=O)c1cccc(S(=O)(=O)NCC2CCCO2)c1)c1cccc(C(F)(F)F)c1. The molecule has 2 unspecified atom stereocenters. The van der Waals surface area contributed by atoms with Crippen molar-refractivity contribution in [3.63, 3.8) is 0 Å². The van der Waals surface area contributed by atoms with Crippen molar-refractivity contribution in [1.82, 2.24) is 10.0 Å². The van der Waals surface area contributed by atoms with Gasteiger partial charge in [-0.25, -0.2) is 13.1 Å². The van der Waals surface area contributed by atoms with Gasteiger partial charge in [0.1, 0.15) is 0 Å². The predicted molar refractivity (Wildman–Crippen MR) is 108 cm³/mol. The van der Waals surface area contributed by atoms with Gasteiger partial charge in [0, 0.05) is 18.7 Å². The van der Waals surface area contributed by atoms with Gasteiger partial charge in [-0.1, -0.05) is 18.2 Å². The van der Waals surface area contributed by atoms with E-state index in [0.717, 1.165) is 25.0 Å². The molecule has 2 atom stereocenters. The second kappa shape index (κ2) is 9.37. The van der Waals surface area contributed by atoms with Gasteiger partial charge in [-0.2, -0.15) is 13.2 Å². The van der Waals surface area contributed by atoms with E-state index in [1.165, 1.54) is 36.4 Å². The van der Waals surface area contributed by atoms with E-state index in [1.807, 2.05) is 0 Å². The summed E-state index contributed by atoms with van der Waals surface area (Å²) in [6.07, 6.45) is -3.00. The van der Waals surface area contributed by atoms with Crippen LogP contribution in [0.1, 0.15) is 47.3 Å². The quantitative estimate of drug-likeness (QED) is 0.666. The number of ether oxygens (including phenoxy) is 1. The molecule has 6 nitrogen and oxygen atoms in total. The average molecular weight is 456 g/mol. The Hall–Kier alpha value is -2.43. The van der Waals surface area contributed by atoms with E-state index >= 15 is 0 Å². The lowest BCUT2D eigenvalue weighted by Crippen LogP contribution is -2.32. The lowest BCUT2D eigenvalue weighted by Gasteiger charge is -2.17. The number of sulfonamides is 1. The van der Waals surface area contributed by atoms with Crippen molar-refractivity contribution in [1.29, 1.82) is 0 Å². The van der Waals surface area contributed by atoms with E-state index in [0.29, 0.717) is 6.61 Å². The van der Waals surface area contributed by atoms with E-state index < -0.39 is 33.7 Å². The lowest BCUT2D eigenvalue weighted by molar-refractivity contribution is -0.137. The molecule has 31 heavy (non-hydrogen) atoms. The van der Waals surface area contributed by atoms with Gasteiger partial charge >= 0.3 is 6.18 Å². The van der Waals surface area contributed by atoms with Crippen LogP contribution in [0.25, 0.3) is 0 Å². The second-order valence-electron chi connectivity index (χ2n) is 7.33. The summed E-state index contributed by atoms with van der Waals surface area (Å²) in [5.74, 6) is -0.596. The van der Waals surface area contributed by atoms with Gasteiger partial charge in [-0.05, 0) is 55.7 Å². The van der Waals surface area contributed by atoms with Crippen LogP contribution in [0.15, 0.2) is 53.4 Å². The summed E-state index contributed by atoms with van der Waals surface area (Å²) in [4.78, 5) is 12.5. The minimum atomic E-state index is -4.49. The molecule has 2 aromatic carbocycles. The summed E-state index contributed by atoms with van der Waals surface area (Å²) in [7, 11) is -3.84. The third-order valence-electron chi connectivity index (χ3n) is 4.99. The number of carbonyl (C=O) groups is 1. The van der Waals surface area contributed by atoms with Gasteiger partial charge in [0.05, 0.1) is 22.6 Å². The van der Waals surface area contributed by atoms with E-state index in [1.54, 1.807) is 6.92 Å². The molecule has 1 amide bonds. The lowest BCUT2D eigenvalue weighted by atomic mass is 10.0. The summed E-state index contributed by atoms with van der Waals surface area (Å²) >= 11 is 0. The van der Waals surface area contributed by atoms with Gasteiger partial charge in [-0.15, -0.1) is 0 Å². The zero-order chi connectivity index (χ0) is 22.6. The van der Waals surface area contributed by atoms with Crippen molar-refractivity contribution in [2.45, 2.75) is 43.0 Å². The fourth-order valence-corrected chi connectivity index (χ4v) is 4.36. The maximum atomic E-state index is 12.9. The third-order valence-corrected chi connectivity index (χ3v) is 6.41. The van der Waals surface area contributed by atoms with Crippen molar-refractivity contribution < 1.29 is 31.1 Å². The predicted octanol–water partition coefficient (Wildman–Crippen LogP) is 3.65. The van der Waals surface area contributed by atoms with Crippen molar-refractivity contribution in [3.8, 4) is 0 Å². The summed E-state index contributed by atoms with van der Waals surface area (Å²) in [6.45, 7) is 2.30. The van der Waals surface area contributed by atoms with E-state index in [2.05, 4.69) is 10.0 Å². The highest BCUT2D eigenvalue weighted by atomic mass is 32.2. The number of hydrogen-bond acceptors (Lipinski definition) is 4. The third kappa shape index (κ3) is 6.05. The van der Waals surface area contributed by atoms with Crippen LogP contribution in [0.3, 0.4) is 0 Å². The maximum absolute atomic E-state index is 12.9. The Morgan fingerprint density at radius 1 is 1.19 bits per heavy atom. The van der Waals surface area contributed by atoms with Crippen LogP contribution in [0.2, 0.25) is 0 Å². The first-order chi connectivity index (χ1) is 14.6. The minimum Gasteiger partial charge on any atom is -0.377 e. The maximum Gasteiger partial charge on any atom is 0.416 e. The Morgan fingerprint density at radius 2 is 1.94 bits per heavy atom. The molecule has 2 N–H and O–H groups in total. The number of amides is 1. The molecule has 2 aromatic rings. The van der Waals surface area contributed by atoms with Crippen LogP contribution in [-0.2, 0) is 20.9 Å². The first-order valence-electron chi connectivity index (χ1n) is 9.75. The normalized spacial score (nSPS) is 18.0. The second-order valence-corrected chi connectivity index (χ2v) is 9.10. The van der Waals surface area contributed by atoms with Gasteiger partial charge < -0.3 is 10.1 Å². The van der Waals surface area contributed by atoms with Crippen LogP contribution >= 0.6 is 0 Å². The zero-order valence-electron chi connectivity index (χ0n) is 16.8. The first kappa shape index (κ1) is 23.2. The molecule has 1 aliphatic rings. The Labute approximate surface area is 178 Å². The van der Waals surface area contributed by atoms with Crippen LogP contribution in [0.4, 0.5) is 13.2 Å². The van der Waals surface area contributed by atoms with E-state index in [9.17, 15) is 26.4 Å². The fourth-order valence-electron chi connectivity index (χ4n) is 3.24. The molecule has 0 radical (unpaired) electrons. The van der Waals surface area contributed by atoms with Crippen molar-refractivity contribution in [2.24, 2.45) is 0 Å². The first-order valence-corrected chi connectivity index (χ1v) is 11.2. The van der Waals surface area contributed by atoms with Crippen molar-refractivity contribution in [2.75, 3.05) is 13.2 Å². The zero-order valence-corrected chi connectivity index (χ0v) is 17.6. The highest BCUT2D eigenvalue weighted by molar-refractivity contribution is 7.89. The van der Waals surface area contributed by atoms with Crippen LogP contribution in [0, 0.1) is 0 Å². The number of benzene rings is 2. The van der Waals surface area contributed by atoms with Crippen molar-refractivity contribution in [3.05, 3.63) is 65.2 Å². The Balaban J connectivity index is 1.69. The van der Waals surface area contributed by atoms with Gasteiger partial charge in [0.15, 0.2) is 0 Å². The van der Waals surface area contributed by atoms with E-state index in [-0.39, 0.29) is 28.7 Å². The number of nitrogens with one attached hydrogen (secondary N) is 2. The monoisotopic (exact) mass is 456 g/mol. The Kier molecular flexibility index (Phi) is 7.03. The Morgan fingerprint density at radius 3 is 2.61 bits per heavy atom. The topological polar surface area (TPSA) is 84.5 Å². The van der Waals surface area contributed by atoms with E-state index in [4.69, 9.17) is 4.74 Å². The molecule has 1 heterocycles. The number of rotatable bonds is 7. The molecule has 3 rings (SSSR count). The molecule has 0 aliphatic carbocycles. The molecular formula is C21H23F3N2O4S. The smallest absolute Gasteiger partial charge is 0.377 e. The summed E-state index contributed by atoms with van der Waals surface area (Å²) in [5, 5.41) is 2.61.